The van der Waals surface area contributed by atoms with Crippen LogP contribution in [0.1, 0.15) is 13.8 Å². The number of hydrogen-bond acceptors (Lipinski definition) is 3. The maximum absolute atomic E-state index is 12.9. The van der Waals surface area contributed by atoms with Crippen LogP contribution in [0.25, 0.3) is 0 Å². The Morgan fingerprint density at radius 1 is 1.37 bits per heavy atom. The standard InChI is InChI=1S/C12H16F2N2O2.ClH/c1-7(6-15)16-12(17)8(2)18-9-3-4-10(13)11(14)5-9;/h3-5,7-8H,6,15H2,1-2H3,(H,16,17);1H/t7-,8?;/m0./s1. The molecule has 3 N–H and O–H groups in total. The Kier molecular flexibility index (Phi) is 7.33. The number of carbonyl (C=O) groups excluding carboxylic acids is 1. The van der Waals surface area contributed by atoms with E-state index >= 15 is 0 Å². The fourth-order valence-corrected chi connectivity index (χ4v) is 1.23. The van der Waals surface area contributed by atoms with Crippen molar-refractivity contribution in [1.82, 2.24) is 5.32 Å². The number of halogens is 3. The molecule has 0 radical (unpaired) electrons. The second kappa shape index (κ2) is 7.91. The van der Waals surface area contributed by atoms with Gasteiger partial charge in [0.15, 0.2) is 17.7 Å². The molecule has 0 aliphatic rings. The summed E-state index contributed by atoms with van der Waals surface area (Å²) < 4.78 is 30.8. The van der Waals surface area contributed by atoms with Crippen molar-refractivity contribution in [2.24, 2.45) is 5.73 Å². The third-order valence-electron chi connectivity index (χ3n) is 2.32. The quantitative estimate of drug-likeness (QED) is 0.867. The van der Waals surface area contributed by atoms with Crippen LogP contribution in [-0.2, 0) is 4.79 Å². The number of ether oxygens (including phenoxy) is 1. The van der Waals surface area contributed by atoms with Crippen molar-refractivity contribution < 1.29 is 18.3 Å². The highest BCUT2D eigenvalue weighted by molar-refractivity contribution is 5.85. The van der Waals surface area contributed by atoms with Crippen LogP contribution in [0.3, 0.4) is 0 Å². The molecule has 7 heteroatoms. The summed E-state index contributed by atoms with van der Waals surface area (Å²) in [5, 5.41) is 2.62. The third-order valence-corrected chi connectivity index (χ3v) is 2.32. The summed E-state index contributed by atoms with van der Waals surface area (Å²) >= 11 is 0. The Hall–Kier alpha value is -1.40. The number of hydrogen-bond donors (Lipinski definition) is 2. The number of nitrogens with one attached hydrogen (secondary N) is 1. The maximum Gasteiger partial charge on any atom is 0.261 e. The molecule has 0 bridgehead atoms. The lowest BCUT2D eigenvalue weighted by molar-refractivity contribution is -0.127. The number of nitrogens with two attached hydrogens (primary N) is 1. The molecule has 0 spiro atoms. The first-order chi connectivity index (χ1) is 8.43. The van der Waals surface area contributed by atoms with Gasteiger partial charge in [-0.15, -0.1) is 12.4 Å². The largest absolute Gasteiger partial charge is 0.481 e. The maximum atomic E-state index is 12.9. The van der Waals surface area contributed by atoms with Gasteiger partial charge in [-0.2, -0.15) is 0 Å². The molecule has 4 nitrogen and oxygen atoms in total. The van der Waals surface area contributed by atoms with Gasteiger partial charge in [-0.25, -0.2) is 8.78 Å². The molecular weight excluding hydrogens is 278 g/mol. The molecule has 0 saturated carbocycles. The lowest BCUT2D eigenvalue weighted by atomic mass is 10.3. The second-order valence-corrected chi connectivity index (χ2v) is 3.98. The zero-order valence-electron chi connectivity index (χ0n) is 10.7. The summed E-state index contributed by atoms with van der Waals surface area (Å²) in [5.41, 5.74) is 5.36. The summed E-state index contributed by atoms with van der Waals surface area (Å²) in [6, 6.07) is 2.92. The van der Waals surface area contributed by atoms with Crippen molar-refractivity contribution in [3.63, 3.8) is 0 Å². The summed E-state index contributed by atoms with van der Waals surface area (Å²) in [4.78, 5) is 11.6. The van der Waals surface area contributed by atoms with E-state index in [9.17, 15) is 13.6 Å². The summed E-state index contributed by atoms with van der Waals surface area (Å²) in [5.74, 6) is -2.25. The first kappa shape index (κ1) is 17.6. The van der Waals surface area contributed by atoms with Gasteiger partial charge in [0.25, 0.3) is 5.91 Å². The van der Waals surface area contributed by atoms with Gasteiger partial charge < -0.3 is 15.8 Å². The van der Waals surface area contributed by atoms with Crippen LogP contribution in [0.4, 0.5) is 8.78 Å². The van der Waals surface area contributed by atoms with E-state index in [1.54, 1.807) is 6.92 Å². The first-order valence-electron chi connectivity index (χ1n) is 5.56. The van der Waals surface area contributed by atoms with Crippen LogP contribution in [-0.4, -0.2) is 24.6 Å². The Bertz CT molecular complexity index is 432. The molecule has 2 atom stereocenters. The normalized spacial score (nSPS) is 13.1. The Morgan fingerprint density at radius 3 is 2.53 bits per heavy atom. The number of benzene rings is 1. The highest BCUT2D eigenvalue weighted by Crippen LogP contribution is 2.16. The molecular formula is C12H17ClF2N2O2. The Morgan fingerprint density at radius 2 is 2.00 bits per heavy atom. The SMILES string of the molecule is CC(Oc1ccc(F)c(F)c1)C(=O)N[C@@H](C)CN.Cl. The van der Waals surface area contributed by atoms with E-state index in [2.05, 4.69) is 5.32 Å². The molecule has 108 valence electrons. The highest BCUT2D eigenvalue weighted by Gasteiger charge is 2.16. The average molecular weight is 295 g/mol. The zero-order chi connectivity index (χ0) is 13.7. The molecule has 0 aliphatic heterocycles. The first-order valence-corrected chi connectivity index (χ1v) is 5.56. The summed E-state index contributed by atoms with van der Waals surface area (Å²) in [7, 11) is 0. The monoisotopic (exact) mass is 294 g/mol. The zero-order valence-corrected chi connectivity index (χ0v) is 11.5. The van der Waals surface area contributed by atoms with E-state index in [1.807, 2.05) is 0 Å². The predicted octanol–water partition coefficient (Wildman–Crippen LogP) is 1.62. The molecule has 1 unspecified atom stereocenters. The summed E-state index contributed by atoms with van der Waals surface area (Å²) in [6.07, 6.45) is -0.816. The molecule has 1 rings (SSSR count). The Balaban J connectivity index is 0.00000324. The molecule has 0 aliphatic carbocycles. The van der Waals surface area contributed by atoms with Crippen molar-refractivity contribution >= 4 is 18.3 Å². The molecule has 1 aromatic carbocycles. The summed E-state index contributed by atoms with van der Waals surface area (Å²) in [6.45, 7) is 3.58. The average Bonchev–Trinajstić information content (AvgIpc) is 2.33. The number of carbonyl (C=O) groups is 1. The van der Waals surface area contributed by atoms with Gasteiger partial charge in [-0.1, -0.05) is 0 Å². The van der Waals surface area contributed by atoms with Crippen LogP contribution in [0.5, 0.6) is 5.75 Å². The minimum atomic E-state index is -1.02. The van der Waals surface area contributed by atoms with Gasteiger partial charge >= 0.3 is 0 Å². The minimum absolute atomic E-state index is 0. The molecule has 0 saturated heterocycles. The highest BCUT2D eigenvalue weighted by atomic mass is 35.5. The van der Waals surface area contributed by atoms with Crippen LogP contribution in [0, 0.1) is 11.6 Å². The fraction of sp³-hybridized carbons (Fsp3) is 0.417. The van der Waals surface area contributed by atoms with Crippen molar-refractivity contribution in [2.45, 2.75) is 26.0 Å². The van der Waals surface area contributed by atoms with Gasteiger partial charge in [-0.3, -0.25) is 4.79 Å². The van der Waals surface area contributed by atoms with Gasteiger partial charge in [-0.05, 0) is 26.0 Å². The van der Waals surface area contributed by atoms with Crippen molar-refractivity contribution in [3.8, 4) is 5.75 Å². The van der Waals surface area contributed by atoms with Crippen LogP contribution < -0.4 is 15.8 Å². The van der Waals surface area contributed by atoms with Gasteiger partial charge in [0.05, 0.1) is 0 Å². The van der Waals surface area contributed by atoms with E-state index in [0.717, 1.165) is 12.1 Å². The van der Waals surface area contributed by atoms with Gasteiger partial charge in [0.1, 0.15) is 5.75 Å². The van der Waals surface area contributed by atoms with E-state index in [-0.39, 0.29) is 30.1 Å². The number of amides is 1. The molecule has 0 aromatic heterocycles. The van der Waals surface area contributed by atoms with Gasteiger partial charge in [0.2, 0.25) is 0 Å². The lowest BCUT2D eigenvalue weighted by Gasteiger charge is -2.17. The molecule has 1 amide bonds. The minimum Gasteiger partial charge on any atom is -0.481 e. The van der Waals surface area contributed by atoms with Crippen molar-refractivity contribution in [2.75, 3.05) is 6.54 Å². The fourth-order valence-electron chi connectivity index (χ4n) is 1.23. The van der Waals surface area contributed by atoms with Crippen molar-refractivity contribution in [3.05, 3.63) is 29.8 Å². The lowest BCUT2D eigenvalue weighted by Crippen LogP contribution is -2.44. The van der Waals surface area contributed by atoms with E-state index in [0.29, 0.717) is 6.54 Å². The third kappa shape index (κ3) is 5.40. The topological polar surface area (TPSA) is 64.3 Å². The molecule has 19 heavy (non-hydrogen) atoms. The predicted molar refractivity (Wildman–Crippen MR) is 70.4 cm³/mol. The van der Waals surface area contributed by atoms with Crippen molar-refractivity contribution in [1.29, 1.82) is 0 Å². The Labute approximate surface area is 116 Å². The number of rotatable bonds is 5. The van der Waals surface area contributed by atoms with Crippen LogP contribution in [0.2, 0.25) is 0 Å². The smallest absolute Gasteiger partial charge is 0.261 e. The second-order valence-electron chi connectivity index (χ2n) is 3.98. The van der Waals surface area contributed by atoms with Crippen LogP contribution in [0.15, 0.2) is 18.2 Å². The van der Waals surface area contributed by atoms with E-state index < -0.39 is 17.7 Å². The molecule has 0 fully saturated rings. The van der Waals surface area contributed by atoms with E-state index in [1.165, 1.54) is 13.0 Å². The van der Waals surface area contributed by atoms with Gasteiger partial charge in [0, 0.05) is 18.7 Å². The van der Waals surface area contributed by atoms with E-state index in [4.69, 9.17) is 10.5 Å². The molecule has 1 aromatic rings. The van der Waals surface area contributed by atoms with Crippen LogP contribution >= 0.6 is 12.4 Å². The molecule has 0 heterocycles.